The first kappa shape index (κ1) is 16.8. The third-order valence-corrected chi connectivity index (χ3v) is 5.82. The minimum atomic E-state index is -3.43. The first-order valence-electron chi connectivity index (χ1n) is 7.61. The van der Waals surface area contributed by atoms with Gasteiger partial charge in [-0.1, -0.05) is 12.1 Å². The Balaban J connectivity index is 1.98. The molecule has 1 atom stereocenters. The van der Waals surface area contributed by atoms with E-state index in [-0.39, 0.29) is 11.9 Å². The third-order valence-electron chi connectivity index (χ3n) is 3.90. The fourth-order valence-electron chi connectivity index (χ4n) is 2.39. The Morgan fingerprint density at radius 1 is 1.33 bits per heavy atom. The standard InChI is InChI=1S/C16H19N3O4S/c1-23-13-4-2-12(3-5-13)16(19-24(21,22)14-6-7-14)15-8-11(10-20)9-17-18-15/h2-5,8-9,14,16,19-20H,6-7,10H2,1H3. The molecule has 0 spiro atoms. The monoisotopic (exact) mass is 349 g/mol. The predicted octanol–water partition coefficient (Wildman–Crippen LogP) is 1.15. The lowest BCUT2D eigenvalue weighted by atomic mass is 10.0. The molecule has 2 aromatic rings. The fraction of sp³-hybridized carbons (Fsp3) is 0.375. The highest BCUT2D eigenvalue weighted by Crippen LogP contribution is 2.31. The highest BCUT2D eigenvalue weighted by atomic mass is 32.2. The summed E-state index contributed by atoms with van der Waals surface area (Å²) in [7, 11) is -1.86. The zero-order valence-electron chi connectivity index (χ0n) is 13.2. The number of aromatic nitrogens is 2. The Hall–Kier alpha value is -2.03. The molecule has 1 fully saturated rings. The number of hydrogen-bond acceptors (Lipinski definition) is 6. The van der Waals surface area contributed by atoms with Crippen LogP contribution >= 0.6 is 0 Å². The molecule has 1 aliphatic rings. The van der Waals surface area contributed by atoms with Crippen LogP contribution in [-0.4, -0.2) is 36.1 Å². The normalized spacial score (nSPS) is 15.9. The predicted molar refractivity (Wildman–Crippen MR) is 87.9 cm³/mol. The van der Waals surface area contributed by atoms with E-state index in [1.165, 1.54) is 6.20 Å². The molecule has 1 aromatic heterocycles. The summed E-state index contributed by atoms with van der Waals surface area (Å²) < 4.78 is 32.7. The molecule has 24 heavy (non-hydrogen) atoms. The van der Waals surface area contributed by atoms with Crippen molar-refractivity contribution >= 4 is 10.0 Å². The van der Waals surface area contributed by atoms with E-state index in [1.807, 2.05) is 0 Å². The molecule has 1 saturated carbocycles. The summed E-state index contributed by atoms with van der Waals surface area (Å²) in [5, 5.41) is 16.9. The Bertz CT molecular complexity index is 804. The van der Waals surface area contributed by atoms with Crippen molar-refractivity contribution in [3.05, 3.63) is 53.3 Å². The second kappa shape index (κ2) is 6.84. The first-order valence-corrected chi connectivity index (χ1v) is 9.15. The van der Waals surface area contributed by atoms with E-state index in [0.29, 0.717) is 29.8 Å². The van der Waals surface area contributed by atoms with Crippen LogP contribution in [-0.2, 0) is 16.6 Å². The number of aliphatic hydroxyl groups is 1. The molecule has 128 valence electrons. The summed E-state index contributed by atoms with van der Waals surface area (Å²) in [5.74, 6) is 0.678. The fourth-order valence-corrected chi connectivity index (χ4v) is 3.92. The smallest absolute Gasteiger partial charge is 0.215 e. The lowest BCUT2D eigenvalue weighted by Crippen LogP contribution is -2.32. The van der Waals surface area contributed by atoms with Gasteiger partial charge in [0.25, 0.3) is 0 Å². The maximum absolute atomic E-state index is 12.4. The number of nitrogens with one attached hydrogen (secondary N) is 1. The van der Waals surface area contributed by atoms with Gasteiger partial charge in [0.2, 0.25) is 10.0 Å². The van der Waals surface area contributed by atoms with Crippen molar-refractivity contribution in [3.8, 4) is 5.75 Å². The molecule has 0 saturated heterocycles. The van der Waals surface area contributed by atoms with Gasteiger partial charge in [-0.05, 0) is 42.2 Å². The second-order valence-electron chi connectivity index (χ2n) is 5.72. The number of methoxy groups -OCH3 is 1. The Kier molecular flexibility index (Phi) is 4.79. The van der Waals surface area contributed by atoms with E-state index < -0.39 is 16.1 Å². The summed E-state index contributed by atoms with van der Waals surface area (Å²) in [4.78, 5) is 0. The number of nitrogens with zero attached hydrogens (tertiary/aromatic N) is 2. The molecule has 1 heterocycles. The second-order valence-corrected chi connectivity index (χ2v) is 7.71. The number of hydrogen-bond donors (Lipinski definition) is 2. The van der Waals surface area contributed by atoms with Crippen LogP contribution in [0.15, 0.2) is 36.5 Å². The number of sulfonamides is 1. The van der Waals surface area contributed by atoms with Crippen molar-refractivity contribution in [2.75, 3.05) is 7.11 Å². The van der Waals surface area contributed by atoms with Crippen molar-refractivity contribution < 1.29 is 18.3 Å². The molecule has 0 aliphatic heterocycles. The SMILES string of the molecule is COc1ccc(C(NS(=O)(=O)C2CC2)c2cc(CO)cnn2)cc1. The molecule has 1 aromatic carbocycles. The lowest BCUT2D eigenvalue weighted by molar-refractivity contribution is 0.281. The highest BCUT2D eigenvalue weighted by molar-refractivity contribution is 7.90. The number of aliphatic hydroxyl groups excluding tert-OH is 1. The van der Waals surface area contributed by atoms with E-state index in [4.69, 9.17) is 4.74 Å². The lowest BCUT2D eigenvalue weighted by Gasteiger charge is -2.19. The van der Waals surface area contributed by atoms with Gasteiger partial charge in [-0.3, -0.25) is 0 Å². The largest absolute Gasteiger partial charge is 0.497 e. The van der Waals surface area contributed by atoms with E-state index in [9.17, 15) is 13.5 Å². The van der Waals surface area contributed by atoms with Gasteiger partial charge in [0.15, 0.2) is 0 Å². The number of benzene rings is 1. The van der Waals surface area contributed by atoms with Gasteiger partial charge in [0.05, 0.1) is 36.9 Å². The van der Waals surface area contributed by atoms with Crippen LogP contribution in [0.3, 0.4) is 0 Å². The summed E-state index contributed by atoms with van der Waals surface area (Å²) in [6, 6.07) is 8.07. The maximum Gasteiger partial charge on any atom is 0.215 e. The first-order chi connectivity index (χ1) is 11.5. The van der Waals surface area contributed by atoms with Crippen LogP contribution in [0, 0.1) is 0 Å². The average Bonchev–Trinajstić information content (AvgIpc) is 3.46. The average molecular weight is 349 g/mol. The Morgan fingerprint density at radius 3 is 2.62 bits per heavy atom. The van der Waals surface area contributed by atoms with Crippen molar-refractivity contribution in [1.82, 2.24) is 14.9 Å². The van der Waals surface area contributed by atoms with Crippen LogP contribution in [0.5, 0.6) is 5.75 Å². The van der Waals surface area contributed by atoms with Crippen molar-refractivity contribution in [2.45, 2.75) is 30.7 Å². The molecule has 8 heteroatoms. The van der Waals surface area contributed by atoms with Crippen LogP contribution in [0.4, 0.5) is 0 Å². The van der Waals surface area contributed by atoms with E-state index in [0.717, 1.165) is 5.56 Å². The minimum absolute atomic E-state index is 0.187. The summed E-state index contributed by atoms with van der Waals surface area (Å²) in [5.41, 5.74) is 1.74. The molecule has 3 rings (SSSR count). The van der Waals surface area contributed by atoms with Crippen LogP contribution in [0.2, 0.25) is 0 Å². The van der Waals surface area contributed by atoms with Crippen molar-refractivity contribution in [1.29, 1.82) is 0 Å². The highest BCUT2D eigenvalue weighted by Gasteiger charge is 2.37. The quantitative estimate of drug-likeness (QED) is 0.777. The van der Waals surface area contributed by atoms with Crippen LogP contribution < -0.4 is 9.46 Å². The van der Waals surface area contributed by atoms with Crippen LogP contribution in [0.1, 0.15) is 35.7 Å². The van der Waals surface area contributed by atoms with Gasteiger partial charge in [0, 0.05) is 0 Å². The van der Waals surface area contributed by atoms with Crippen molar-refractivity contribution in [3.63, 3.8) is 0 Å². The molecule has 7 nitrogen and oxygen atoms in total. The maximum atomic E-state index is 12.4. The summed E-state index contributed by atoms with van der Waals surface area (Å²) >= 11 is 0. The molecule has 1 aliphatic carbocycles. The number of rotatable bonds is 7. The molecule has 0 bridgehead atoms. The van der Waals surface area contributed by atoms with Crippen LogP contribution in [0.25, 0.3) is 0 Å². The molecule has 0 radical (unpaired) electrons. The molecule has 2 N–H and O–H groups in total. The molecular formula is C16H19N3O4S. The van der Waals surface area contributed by atoms with Gasteiger partial charge in [-0.15, -0.1) is 0 Å². The van der Waals surface area contributed by atoms with Gasteiger partial charge < -0.3 is 9.84 Å². The summed E-state index contributed by atoms with van der Waals surface area (Å²) in [6.07, 6.45) is 2.80. The van der Waals surface area contributed by atoms with E-state index in [2.05, 4.69) is 14.9 Å². The zero-order valence-corrected chi connectivity index (χ0v) is 14.0. The zero-order chi connectivity index (χ0) is 17.2. The van der Waals surface area contributed by atoms with Gasteiger partial charge in [0.1, 0.15) is 5.75 Å². The van der Waals surface area contributed by atoms with Gasteiger partial charge >= 0.3 is 0 Å². The molecule has 1 unspecified atom stereocenters. The summed E-state index contributed by atoms with van der Waals surface area (Å²) in [6.45, 7) is -0.187. The molecular weight excluding hydrogens is 330 g/mol. The van der Waals surface area contributed by atoms with E-state index >= 15 is 0 Å². The number of ether oxygens (including phenoxy) is 1. The van der Waals surface area contributed by atoms with Gasteiger partial charge in [-0.2, -0.15) is 10.2 Å². The molecule has 0 amide bonds. The van der Waals surface area contributed by atoms with Gasteiger partial charge in [-0.25, -0.2) is 13.1 Å². The van der Waals surface area contributed by atoms with Crippen molar-refractivity contribution in [2.24, 2.45) is 0 Å². The topological polar surface area (TPSA) is 101 Å². The Labute approximate surface area is 140 Å². The third kappa shape index (κ3) is 3.72. The minimum Gasteiger partial charge on any atom is -0.497 e. The van der Waals surface area contributed by atoms with E-state index in [1.54, 1.807) is 37.4 Å². The Morgan fingerprint density at radius 2 is 2.04 bits per heavy atom.